The van der Waals surface area contributed by atoms with Crippen molar-refractivity contribution in [3.8, 4) is 11.1 Å². The first kappa shape index (κ1) is 16.8. The zero-order valence-electron chi connectivity index (χ0n) is 13.3. The normalized spacial score (nSPS) is 14.0. The first-order valence-corrected chi connectivity index (χ1v) is 9.48. The SMILES string of the molecule is NCC(=O)N1CCc2c(sc3c(Cl)c(Cl)cc(-c4cccnc4)c23)C1. The van der Waals surface area contributed by atoms with E-state index in [4.69, 9.17) is 28.9 Å². The maximum atomic E-state index is 12.0. The average Bonchev–Trinajstić information content (AvgIpc) is 3.03. The smallest absolute Gasteiger partial charge is 0.236 e. The third kappa shape index (κ3) is 2.81. The lowest BCUT2D eigenvalue weighted by molar-refractivity contribution is -0.130. The predicted molar refractivity (Wildman–Crippen MR) is 103 cm³/mol. The molecule has 0 radical (unpaired) electrons. The Morgan fingerprint density at radius 2 is 2.24 bits per heavy atom. The number of aromatic nitrogens is 1. The molecule has 1 amide bonds. The number of benzene rings is 1. The fourth-order valence-electron chi connectivity index (χ4n) is 3.31. The summed E-state index contributed by atoms with van der Waals surface area (Å²) in [6.45, 7) is 1.28. The van der Waals surface area contributed by atoms with E-state index in [1.54, 1.807) is 22.4 Å². The highest BCUT2D eigenvalue weighted by atomic mass is 35.5. The summed E-state index contributed by atoms with van der Waals surface area (Å²) in [4.78, 5) is 19.1. The molecular weight excluding hydrogens is 377 g/mol. The number of rotatable bonds is 2. The summed E-state index contributed by atoms with van der Waals surface area (Å²) in [5, 5.41) is 2.23. The number of carbonyl (C=O) groups excluding carboxylic acids is 1. The fraction of sp³-hybridized carbons (Fsp3) is 0.222. The molecule has 0 saturated heterocycles. The molecule has 3 aromatic rings. The van der Waals surface area contributed by atoms with E-state index in [1.165, 1.54) is 5.56 Å². The summed E-state index contributed by atoms with van der Waals surface area (Å²) in [5.41, 5.74) is 8.80. The standard InChI is InChI=1S/C18H15Cl2N3OS/c19-13-6-12(10-2-1-4-22-8-10)16-11-3-5-23(15(24)7-21)9-14(11)25-18(16)17(13)20/h1-2,4,6,8H,3,5,7,9,21H2. The van der Waals surface area contributed by atoms with Crippen molar-refractivity contribution in [2.45, 2.75) is 13.0 Å². The van der Waals surface area contributed by atoms with Gasteiger partial charge in [0.25, 0.3) is 0 Å². The Bertz CT molecular complexity index is 972. The molecule has 0 bridgehead atoms. The average molecular weight is 392 g/mol. The number of pyridine rings is 1. The van der Waals surface area contributed by atoms with Gasteiger partial charge in [0.1, 0.15) is 0 Å². The summed E-state index contributed by atoms with van der Waals surface area (Å²) < 4.78 is 0.972. The number of hydrogen-bond acceptors (Lipinski definition) is 4. The monoisotopic (exact) mass is 391 g/mol. The Kier molecular flexibility index (Phi) is 4.41. The van der Waals surface area contributed by atoms with Gasteiger partial charge in [-0.15, -0.1) is 11.3 Å². The highest BCUT2D eigenvalue weighted by Crippen LogP contribution is 2.46. The van der Waals surface area contributed by atoms with Crippen LogP contribution in [-0.2, 0) is 17.8 Å². The van der Waals surface area contributed by atoms with Crippen LogP contribution in [0.4, 0.5) is 0 Å². The fourth-order valence-corrected chi connectivity index (χ4v) is 5.16. The van der Waals surface area contributed by atoms with E-state index < -0.39 is 0 Å². The van der Waals surface area contributed by atoms with Gasteiger partial charge in [-0.25, -0.2) is 0 Å². The van der Waals surface area contributed by atoms with Gasteiger partial charge in [0.05, 0.1) is 27.8 Å². The van der Waals surface area contributed by atoms with Crippen molar-refractivity contribution in [1.82, 2.24) is 9.88 Å². The van der Waals surface area contributed by atoms with Crippen molar-refractivity contribution >= 4 is 50.5 Å². The number of nitrogens with two attached hydrogens (primary N) is 1. The van der Waals surface area contributed by atoms with Gasteiger partial charge in [0, 0.05) is 34.8 Å². The van der Waals surface area contributed by atoms with Crippen LogP contribution in [0.5, 0.6) is 0 Å². The van der Waals surface area contributed by atoms with Crippen molar-refractivity contribution in [3.05, 3.63) is 51.1 Å². The second-order valence-electron chi connectivity index (χ2n) is 5.94. The van der Waals surface area contributed by atoms with Gasteiger partial charge in [0.2, 0.25) is 5.91 Å². The molecule has 128 valence electrons. The Hall–Kier alpha value is -1.66. The molecule has 3 heterocycles. The zero-order chi connectivity index (χ0) is 17.6. The maximum Gasteiger partial charge on any atom is 0.236 e. The van der Waals surface area contributed by atoms with Crippen molar-refractivity contribution in [2.75, 3.05) is 13.1 Å². The van der Waals surface area contributed by atoms with Crippen LogP contribution in [-0.4, -0.2) is 28.9 Å². The highest BCUT2D eigenvalue weighted by Gasteiger charge is 2.26. The van der Waals surface area contributed by atoms with Crippen molar-refractivity contribution in [1.29, 1.82) is 0 Å². The van der Waals surface area contributed by atoms with Crippen LogP contribution in [0, 0.1) is 0 Å². The lowest BCUT2D eigenvalue weighted by Gasteiger charge is -2.26. The number of hydrogen-bond donors (Lipinski definition) is 1. The molecule has 0 fully saturated rings. The van der Waals surface area contributed by atoms with E-state index in [0.29, 0.717) is 23.1 Å². The van der Waals surface area contributed by atoms with Crippen LogP contribution < -0.4 is 5.73 Å². The maximum absolute atomic E-state index is 12.0. The quantitative estimate of drug-likeness (QED) is 0.714. The Balaban J connectivity index is 1.93. The van der Waals surface area contributed by atoms with Gasteiger partial charge < -0.3 is 10.6 Å². The highest BCUT2D eigenvalue weighted by molar-refractivity contribution is 7.20. The molecule has 2 N–H and O–H groups in total. The van der Waals surface area contributed by atoms with E-state index in [2.05, 4.69) is 4.98 Å². The first-order valence-electron chi connectivity index (χ1n) is 7.90. The van der Waals surface area contributed by atoms with Crippen LogP contribution in [0.1, 0.15) is 10.4 Å². The van der Waals surface area contributed by atoms with E-state index >= 15 is 0 Å². The Morgan fingerprint density at radius 3 is 2.96 bits per heavy atom. The molecule has 0 saturated carbocycles. The lowest BCUT2D eigenvalue weighted by atomic mass is 9.96. The van der Waals surface area contributed by atoms with E-state index in [1.807, 2.05) is 24.4 Å². The minimum atomic E-state index is -0.0280. The second-order valence-corrected chi connectivity index (χ2v) is 7.83. The number of carbonyl (C=O) groups is 1. The molecule has 2 aromatic heterocycles. The molecule has 0 unspecified atom stereocenters. The molecule has 1 aliphatic heterocycles. The van der Waals surface area contributed by atoms with E-state index in [0.717, 1.165) is 32.5 Å². The van der Waals surface area contributed by atoms with Gasteiger partial charge >= 0.3 is 0 Å². The Morgan fingerprint density at radius 1 is 1.40 bits per heavy atom. The van der Waals surface area contributed by atoms with Crippen molar-refractivity contribution in [2.24, 2.45) is 5.73 Å². The minimum Gasteiger partial charge on any atom is -0.336 e. The third-order valence-corrected chi connectivity index (χ3v) is 6.64. The topological polar surface area (TPSA) is 59.2 Å². The summed E-state index contributed by atoms with van der Waals surface area (Å²) >= 11 is 14.5. The van der Waals surface area contributed by atoms with Gasteiger partial charge in [-0.1, -0.05) is 29.3 Å². The molecule has 0 atom stereocenters. The number of halogens is 2. The van der Waals surface area contributed by atoms with Gasteiger partial charge in [-0.2, -0.15) is 0 Å². The molecule has 1 aliphatic rings. The molecule has 25 heavy (non-hydrogen) atoms. The van der Waals surface area contributed by atoms with Crippen molar-refractivity contribution < 1.29 is 4.79 Å². The lowest BCUT2D eigenvalue weighted by Crippen LogP contribution is -2.39. The summed E-state index contributed by atoms with van der Waals surface area (Å²) in [5.74, 6) is -0.0280. The Labute approximate surface area is 159 Å². The summed E-state index contributed by atoms with van der Waals surface area (Å²) in [7, 11) is 0. The van der Waals surface area contributed by atoms with Crippen LogP contribution in [0.3, 0.4) is 0 Å². The summed E-state index contributed by atoms with van der Waals surface area (Å²) in [6, 6.07) is 5.83. The molecule has 7 heteroatoms. The van der Waals surface area contributed by atoms with Gasteiger partial charge in [0.15, 0.2) is 0 Å². The second kappa shape index (κ2) is 6.57. The largest absolute Gasteiger partial charge is 0.336 e. The first-order chi connectivity index (χ1) is 12.1. The molecule has 1 aromatic carbocycles. The number of fused-ring (bicyclic) bond motifs is 3. The van der Waals surface area contributed by atoms with Crippen LogP contribution in [0.2, 0.25) is 10.0 Å². The van der Waals surface area contributed by atoms with Crippen LogP contribution in [0.15, 0.2) is 30.6 Å². The third-order valence-electron chi connectivity index (χ3n) is 4.51. The zero-order valence-corrected chi connectivity index (χ0v) is 15.6. The van der Waals surface area contributed by atoms with Crippen LogP contribution in [0.25, 0.3) is 21.2 Å². The van der Waals surface area contributed by atoms with Gasteiger partial charge in [-0.3, -0.25) is 9.78 Å². The molecule has 4 rings (SSSR count). The van der Waals surface area contributed by atoms with Crippen molar-refractivity contribution in [3.63, 3.8) is 0 Å². The number of nitrogens with zero attached hydrogens (tertiary/aromatic N) is 2. The minimum absolute atomic E-state index is 0.0280. The molecule has 4 nitrogen and oxygen atoms in total. The van der Waals surface area contributed by atoms with Crippen LogP contribution >= 0.6 is 34.5 Å². The van der Waals surface area contributed by atoms with E-state index in [-0.39, 0.29) is 12.5 Å². The van der Waals surface area contributed by atoms with Gasteiger partial charge in [-0.05, 0) is 29.7 Å². The molecule has 0 aliphatic carbocycles. The summed E-state index contributed by atoms with van der Waals surface area (Å²) in [6.07, 6.45) is 4.36. The predicted octanol–water partition coefficient (Wildman–Crippen LogP) is 4.11. The molecular formula is C18H15Cl2N3OS. The number of thiophene rings is 1. The molecule has 0 spiro atoms. The van der Waals surface area contributed by atoms with E-state index in [9.17, 15) is 4.79 Å². The number of amides is 1.